The van der Waals surface area contributed by atoms with Crippen molar-refractivity contribution in [3.8, 4) is 0 Å². The molecule has 23 heavy (non-hydrogen) atoms. The Morgan fingerprint density at radius 1 is 1.26 bits per heavy atom. The molecule has 0 aromatic heterocycles. The molecule has 122 valence electrons. The molecule has 1 aromatic rings. The topological polar surface area (TPSA) is 78.9 Å². The van der Waals surface area contributed by atoms with Gasteiger partial charge in [-0.3, -0.25) is 9.59 Å². The Labute approximate surface area is 134 Å². The molecule has 2 aliphatic heterocycles. The van der Waals surface area contributed by atoms with E-state index in [1.165, 1.54) is 0 Å². The lowest BCUT2D eigenvalue weighted by Crippen LogP contribution is -2.44. The molecule has 4 atom stereocenters. The van der Waals surface area contributed by atoms with Crippen LogP contribution in [0.25, 0.3) is 0 Å². The van der Waals surface area contributed by atoms with Gasteiger partial charge in [-0.2, -0.15) is 0 Å². The van der Waals surface area contributed by atoms with Gasteiger partial charge in [-0.05, 0) is 31.2 Å². The Hall–Kier alpha value is -2.34. The van der Waals surface area contributed by atoms with Crippen molar-refractivity contribution in [2.45, 2.75) is 18.6 Å². The van der Waals surface area contributed by atoms with E-state index in [4.69, 9.17) is 4.74 Å². The summed E-state index contributed by atoms with van der Waals surface area (Å²) in [6.45, 7) is 1.76. The molecule has 0 radical (unpaired) electrons. The van der Waals surface area contributed by atoms with E-state index in [1.54, 1.807) is 31.2 Å². The van der Waals surface area contributed by atoms with Crippen molar-refractivity contribution in [2.24, 2.45) is 11.8 Å². The number of amides is 1. The van der Waals surface area contributed by atoms with Gasteiger partial charge in [0.15, 0.2) is 0 Å². The first-order chi connectivity index (χ1) is 10.8. The first kappa shape index (κ1) is 15.6. The highest BCUT2D eigenvalue weighted by molar-refractivity contribution is 5.97. The number of carboxylic acid groups (broad SMARTS) is 1. The summed E-state index contributed by atoms with van der Waals surface area (Å²) >= 11 is 0. The molecule has 1 amide bonds. The zero-order valence-corrected chi connectivity index (χ0v) is 13.3. The zero-order chi connectivity index (χ0) is 16.8. The summed E-state index contributed by atoms with van der Waals surface area (Å²) in [6.07, 6.45) is 2.98. The minimum Gasteiger partial charge on any atom is -0.481 e. The van der Waals surface area contributed by atoms with Gasteiger partial charge in [0.1, 0.15) is 5.92 Å². The molecule has 0 spiro atoms. The molecule has 6 heteroatoms. The molecule has 2 aliphatic rings. The van der Waals surface area contributed by atoms with E-state index in [-0.39, 0.29) is 5.91 Å². The number of anilines is 2. The van der Waals surface area contributed by atoms with E-state index in [0.29, 0.717) is 5.69 Å². The smallest absolute Gasteiger partial charge is 0.310 e. The Balaban J connectivity index is 1.79. The van der Waals surface area contributed by atoms with E-state index in [1.807, 2.05) is 31.1 Å². The number of carboxylic acids is 1. The first-order valence-electron chi connectivity index (χ1n) is 7.50. The van der Waals surface area contributed by atoms with Gasteiger partial charge in [0, 0.05) is 25.5 Å². The minimum absolute atomic E-state index is 0.329. The van der Waals surface area contributed by atoms with Crippen LogP contribution in [0.5, 0.6) is 0 Å². The lowest BCUT2D eigenvalue weighted by molar-refractivity contribution is -0.146. The Morgan fingerprint density at radius 3 is 2.48 bits per heavy atom. The monoisotopic (exact) mass is 316 g/mol. The Bertz CT molecular complexity index is 668. The summed E-state index contributed by atoms with van der Waals surface area (Å²) in [5.74, 6) is -2.94. The van der Waals surface area contributed by atoms with E-state index in [0.717, 1.165) is 5.69 Å². The summed E-state index contributed by atoms with van der Waals surface area (Å²) in [5, 5.41) is 12.2. The quantitative estimate of drug-likeness (QED) is 0.827. The second kappa shape index (κ2) is 5.38. The number of rotatable bonds is 4. The number of hydrogen-bond donors (Lipinski definition) is 2. The molecule has 0 saturated carbocycles. The number of aliphatic carboxylic acids is 1. The molecule has 2 bridgehead atoms. The fraction of sp³-hybridized carbons (Fsp3) is 0.412. The van der Waals surface area contributed by atoms with Crippen LogP contribution >= 0.6 is 0 Å². The van der Waals surface area contributed by atoms with Gasteiger partial charge in [0.25, 0.3) is 0 Å². The number of carbonyl (C=O) groups excluding carboxylic acids is 1. The maximum atomic E-state index is 12.6. The predicted octanol–water partition coefficient (Wildman–Crippen LogP) is 1.74. The molecule has 0 aliphatic carbocycles. The normalized spacial score (nSPS) is 31.2. The number of hydrogen-bond acceptors (Lipinski definition) is 4. The van der Waals surface area contributed by atoms with Crippen molar-refractivity contribution in [1.82, 2.24) is 0 Å². The van der Waals surface area contributed by atoms with Gasteiger partial charge in [-0.25, -0.2) is 0 Å². The van der Waals surface area contributed by atoms with Crippen LogP contribution in [0.1, 0.15) is 6.92 Å². The SMILES string of the molecule is CN(C)c1ccc(NC(=O)[C@@H]2[C@H](C(=O)O)[C@H]3C=C[C@@]2(C)O3)cc1. The van der Waals surface area contributed by atoms with Crippen molar-refractivity contribution < 1.29 is 19.4 Å². The zero-order valence-electron chi connectivity index (χ0n) is 13.3. The second-order valence-electron chi connectivity index (χ2n) is 6.40. The third-order valence-corrected chi connectivity index (χ3v) is 4.56. The van der Waals surface area contributed by atoms with Gasteiger partial charge in [0.05, 0.1) is 17.6 Å². The molecule has 6 nitrogen and oxygen atoms in total. The molecule has 0 unspecified atom stereocenters. The standard InChI is InChI=1S/C17H20N2O4/c1-17-9-8-12(23-17)13(16(21)22)14(17)15(20)18-10-4-6-11(7-5-10)19(2)3/h4-9,12-14H,1-3H3,(H,18,20)(H,21,22)/t12-,13-,14+,17-/m1/s1. The number of fused-ring (bicyclic) bond motifs is 2. The van der Waals surface area contributed by atoms with Crippen molar-refractivity contribution in [1.29, 1.82) is 0 Å². The highest BCUT2D eigenvalue weighted by Gasteiger charge is 2.59. The number of ether oxygens (including phenoxy) is 1. The molecular formula is C17H20N2O4. The average molecular weight is 316 g/mol. The number of nitrogens with one attached hydrogen (secondary N) is 1. The number of benzene rings is 1. The lowest BCUT2D eigenvalue weighted by Gasteiger charge is -2.27. The van der Waals surface area contributed by atoms with Gasteiger partial charge in [0.2, 0.25) is 5.91 Å². The van der Waals surface area contributed by atoms with Crippen molar-refractivity contribution in [3.63, 3.8) is 0 Å². The molecular weight excluding hydrogens is 296 g/mol. The molecule has 2 N–H and O–H groups in total. The second-order valence-corrected chi connectivity index (χ2v) is 6.40. The first-order valence-corrected chi connectivity index (χ1v) is 7.50. The Morgan fingerprint density at radius 2 is 1.91 bits per heavy atom. The summed E-state index contributed by atoms with van der Waals surface area (Å²) < 4.78 is 5.70. The van der Waals surface area contributed by atoms with E-state index in [9.17, 15) is 14.7 Å². The van der Waals surface area contributed by atoms with E-state index < -0.39 is 29.5 Å². The number of carbonyl (C=O) groups is 2. The van der Waals surface area contributed by atoms with Gasteiger partial charge in [-0.15, -0.1) is 0 Å². The van der Waals surface area contributed by atoms with Crippen LogP contribution in [0.3, 0.4) is 0 Å². The van der Waals surface area contributed by atoms with Crippen LogP contribution in [0.15, 0.2) is 36.4 Å². The van der Waals surface area contributed by atoms with Gasteiger partial charge in [-0.1, -0.05) is 12.2 Å². The van der Waals surface area contributed by atoms with E-state index in [2.05, 4.69) is 5.32 Å². The maximum Gasteiger partial charge on any atom is 0.310 e. The highest BCUT2D eigenvalue weighted by atomic mass is 16.5. The molecule has 1 saturated heterocycles. The average Bonchev–Trinajstić information content (AvgIpc) is 3.00. The third-order valence-electron chi connectivity index (χ3n) is 4.56. The summed E-state index contributed by atoms with van der Waals surface area (Å²) in [7, 11) is 3.87. The Kier molecular flexibility index (Phi) is 3.64. The lowest BCUT2D eigenvalue weighted by atomic mass is 9.75. The summed E-state index contributed by atoms with van der Waals surface area (Å²) in [6, 6.07) is 7.39. The van der Waals surface area contributed by atoms with Crippen LogP contribution in [-0.4, -0.2) is 42.8 Å². The van der Waals surface area contributed by atoms with Crippen LogP contribution in [0, 0.1) is 11.8 Å². The maximum absolute atomic E-state index is 12.6. The van der Waals surface area contributed by atoms with Crippen molar-refractivity contribution in [2.75, 3.05) is 24.3 Å². The fourth-order valence-electron chi connectivity index (χ4n) is 3.34. The van der Waals surface area contributed by atoms with Crippen LogP contribution < -0.4 is 10.2 Å². The van der Waals surface area contributed by atoms with Crippen LogP contribution in [-0.2, 0) is 14.3 Å². The predicted molar refractivity (Wildman–Crippen MR) is 86.4 cm³/mol. The van der Waals surface area contributed by atoms with Gasteiger partial charge < -0.3 is 20.1 Å². The molecule has 1 aromatic carbocycles. The summed E-state index contributed by atoms with van der Waals surface area (Å²) in [4.78, 5) is 26.1. The molecule has 3 rings (SSSR count). The van der Waals surface area contributed by atoms with E-state index >= 15 is 0 Å². The highest BCUT2D eigenvalue weighted by Crippen LogP contribution is 2.47. The summed E-state index contributed by atoms with van der Waals surface area (Å²) in [5.41, 5.74) is 0.797. The third kappa shape index (κ3) is 2.59. The number of nitrogens with zero attached hydrogens (tertiary/aromatic N) is 1. The molecule has 1 fully saturated rings. The van der Waals surface area contributed by atoms with Gasteiger partial charge >= 0.3 is 5.97 Å². The van der Waals surface area contributed by atoms with Crippen LogP contribution in [0.4, 0.5) is 11.4 Å². The van der Waals surface area contributed by atoms with Crippen molar-refractivity contribution >= 4 is 23.3 Å². The molecule has 2 heterocycles. The van der Waals surface area contributed by atoms with Crippen LogP contribution in [0.2, 0.25) is 0 Å². The largest absolute Gasteiger partial charge is 0.481 e. The fourth-order valence-corrected chi connectivity index (χ4v) is 3.34. The van der Waals surface area contributed by atoms with Crippen molar-refractivity contribution in [3.05, 3.63) is 36.4 Å². The minimum atomic E-state index is -1.01.